The highest BCUT2D eigenvalue weighted by molar-refractivity contribution is 6.34. The summed E-state index contributed by atoms with van der Waals surface area (Å²) in [7, 11) is 3.10. The van der Waals surface area contributed by atoms with E-state index < -0.39 is 70.4 Å². The van der Waals surface area contributed by atoms with Crippen molar-refractivity contribution < 1.29 is 60.1 Å². The number of benzene rings is 5. The molecule has 0 bridgehead atoms. The molecule has 2 atom stereocenters. The Balaban J connectivity index is 0.786. The number of imide groups is 1. The van der Waals surface area contributed by atoms with Crippen LogP contribution in [-0.2, 0) is 40.0 Å². The number of hydrogen-bond donors (Lipinski definition) is 2. The number of nitrogens with one attached hydrogen (secondary N) is 1. The molecule has 6 amide bonds. The largest absolute Gasteiger partial charge is 0.494 e. The van der Waals surface area contributed by atoms with Gasteiger partial charge in [-0.2, -0.15) is 18.3 Å². The van der Waals surface area contributed by atoms with Crippen LogP contribution in [0, 0.1) is 17.6 Å². The number of hydrogen-bond acceptors (Lipinski definition) is 10. The monoisotopic (exact) mass is 1190 g/mol. The molecular weight excluding hydrogens is 1130 g/mol. The second-order valence-electron chi connectivity index (χ2n) is 23.0. The molecule has 16 nitrogen and oxygen atoms in total. The number of rotatable bonds is 14. The molecule has 0 spiro atoms. The molecule has 85 heavy (non-hydrogen) atoms. The number of aryl methyl sites for hydroxylation is 1. The zero-order valence-electron chi connectivity index (χ0n) is 47.4. The summed E-state index contributed by atoms with van der Waals surface area (Å²) in [4.78, 5) is 74.3. The van der Waals surface area contributed by atoms with Crippen molar-refractivity contribution >= 4 is 58.2 Å². The van der Waals surface area contributed by atoms with Gasteiger partial charge in [0.1, 0.15) is 18.2 Å². The summed E-state index contributed by atoms with van der Waals surface area (Å²) in [6.45, 7) is 4.62. The quantitative estimate of drug-likeness (QED) is 0.0996. The summed E-state index contributed by atoms with van der Waals surface area (Å²) >= 11 is 6.80. The molecular formula is C63H66ClF5N8O8. The third-order valence-corrected chi connectivity index (χ3v) is 18.5. The van der Waals surface area contributed by atoms with Gasteiger partial charge in [0.2, 0.25) is 17.7 Å². The summed E-state index contributed by atoms with van der Waals surface area (Å²) < 4.78 is 92.6. The molecule has 4 fully saturated rings. The highest BCUT2D eigenvalue weighted by atomic mass is 35.5. The molecule has 22 heteroatoms. The number of nitrogens with two attached hydrogens (primary N) is 1. The number of carbonyl (C=O) groups is 5. The van der Waals surface area contributed by atoms with Gasteiger partial charge >= 0.3 is 18.3 Å². The van der Waals surface area contributed by atoms with Gasteiger partial charge in [0.05, 0.1) is 36.2 Å². The molecule has 1 saturated carbocycles. The lowest BCUT2D eigenvalue weighted by Crippen LogP contribution is -2.53. The van der Waals surface area contributed by atoms with E-state index in [9.17, 15) is 37.1 Å². The molecule has 5 heterocycles. The molecule has 11 rings (SSSR count). The lowest BCUT2D eigenvalue weighted by atomic mass is 9.76. The fraction of sp³-hybridized carbons (Fsp3) is 0.429. The number of alkyl halides is 3. The molecule has 0 radical (unpaired) electrons. The van der Waals surface area contributed by atoms with Gasteiger partial charge in [0.15, 0.2) is 23.0 Å². The molecule has 448 valence electrons. The maximum absolute atomic E-state index is 16.6. The van der Waals surface area contributed by atoms with E-state index in [4.69, 9.17) is 31.5 Å². The Kier molecular flexibility index (Phi) is 16.6. The minimum absolute atomic E-state index is 0.0250. The Morgan fingerprint density at radius 3 is 2.21 bits per heavy atom. The number of amides is 6. The molecule has 6 aromatic rings. The number of aromatic nitrogens is 2. The van der Waals surface area contributed by atoms with Gasteiger partial charge in [-0.3, -0.25) is 29.3 Å². The van der Waals surface area contributed by atoms with Crippen LogP contribution in [0.15, 0.2) is 91.0 Å². The lowest BCUT2D eigenvalue weighted by molar-refractivity contribution is -0.138. The number of anilines is 1. The average Bonchev–Trinajstić information content (AvgIpc) is 1.75. The SMILES string of the molecule is COc1ccc(C(N)=O)c(-c2c(Cl)c(F)cc3c2[C@H](C)[C@@](CN(C(=O)OCc2ccc(CC(F)(F)F)cc2)C2CCC(C(=O)N4CCC(N5CCC(c6ccc7c(N8CCC(=O)NC8=O)nn(C)c7c6)CC5)CC4)CC2)(c2ccccc2)O3)c1F. The number of primary amides is 1. The molecule has 4 aliphatic heterocycles. The second kappa shape index (κ2) is 23.9. The summed E-state index contributed by atoms with van der Waals surface area (Å²) in [5.41, 5.74) is 6.83. The van der Waals surface area contributed by atoms with Crippen LogP contribution < -0.4 is 25.4 Å². The first-order valence-corrected chi connectivity index (χ1v) is 29.2. The standard InChI is InChI=1S/C63H66ClF5N8O8/c1-36-52-50(32-47(65)55(64)54(52)53-46(57(70)79)19-20-49(83-3)56(53)66)85-62(36,42-7-5-4-6-8-42)35-77(61(82)84-34-38-11-9-37(10-12-38)33-63(67,68)69)44-16-13-40(14-17-44)59(80)75-28-23-43(24-29-75)74-26-21-39(22-27-74)41-15-18-45-48(31-41)73(2)72-58(45)76-30-25-51(78)71-60(76)81/h4-12,15,18-20,31-32,36,39-40,43-44H,13-14,16-17,21-30,33-35H2,1-3H3,(H2,70,79)(H,71,78,81)/t36-,40?,44?,62-/m0/s1. The number of fused-ring (bicyclic) bond motifs is 2. The molecule has 1 aliphatic carbocycles. The first kappa shape index (κ1) is 59.0. The average molecular weight is 1190 g/mol. The van der Waals surface area contributed by atoms with Crippen molar-refractivity contribution in [3.8, 4) is 22.6 Å². The molecule has 5 aromatic carbocycles. The van der Waals surface area contributed by atoms with Gasteiger partial charge in [-0.05, 0) is 117 Å². The van der Waals surface area contributed by atoms with Crippen molar-refractivity contribution in [1.29, 1.82) is 0 Å². The van der Waals surface area contributed by atoms with E-state index in [1.165, 1.54) is 54.0 Å². The van der Waals surface area contributed by atoms with Crippen molar-refractivity contribution in [2.75, 3.05) is 51.3 Å². The van der Waals surface area contributed by atoms with Gasteiger partial charge in [0, 0.05) is 85.2 Å². The third-order valence-electron chi connectivity index (χ3n) is 18.1. The summed E-state index contributed by atoms with van der Waals surface area (Å²) in [6.07, 6.45) is -0.789. The fourth-order valence-electron chi connectivity index (χ4n) is 13.6. The second-order valence-corrected chi connectivity index (χ2v) is 23.4. The van der Waals surface area contributed by atoms with Crippen LogP contribution in [0.25, 0.3) is 22.0 Å². The van der Waals surface area contributed by atoms with Crippen molar-refractivity contribution in [3.63, 3.8) is 0 Å². The van der Waals surface area contributed by atoms with Gasteiger partial charge < -0.3 is 34.6 Å². The smallest absolute Gasteiger partial charge is 0.410 e. The van der Waals surface area contributed by atoms with Crippen LogP contribution >= 0.6 is 11.6 Å². The highest BCUT2D eigenvalue weighted by Crippen LogP contribution is 2.57. The number of halogens is 6. The maximum atomic E-state index is 16.6. The summed E-state index contributed by atoms with van der Waals surface area (Å²) in [6, 6.07) is 23.8. The number of piperidine rings is 2. The minimum Gasteiger partial charge on any atom is -0.494 e. The van der Waals surface area contributed by atoms with E-state index in [2.05, 4.69) is 27.4 Å². The fourth-order valence-corrected chi connectivity index (χ4v) is 13.8. The van der Waals surface area contributed by atoms with Crippen LogP contribution in [0.4, 0.5) is 37.4 Å². The summed E-state index contributed by atoms with van der Waals surface area (Å²) in [5, 5.41) is 7.38. The topological polar surface area (TPSA) is 182 Å². The summed E-state index contributed by atoms with van der Waals surface area (Å²) in [5.74, 6) is -3.80. The van der Waals surface area contributed by atoms with Crippen molar-refractivity contribution in [3.05, 3.63) is 141 Å². The number of carbonyl (C=O) groups excluding carboxylic acids is 5. The van der Waals surface area contributed by atoms with Gasteiger partial charge in [-0.1, -0.05) is 79.2 Å². The van der Waals surface area contributed by atoms with Crippen molar-refractivity contribution in [2.45, 2.75) is 113 Å². The van der Waals surface area contributed by atoms with Crippen LogP contribution in [0.2, 0.25) is 5.02 Å². The molecule has 0 unspecified atom stereocenters. The van der Waals surface area contributed by atoms with E-state index in [0.29, 0.717) is 67.7 Å². The number of likely N-dealkylation sites (tertiary alicyclic amines) is 2. The zero-order chi connectivity index (χ0) is 60.1. The van der Waals surface area contributed by atoms with Gasteiger partial charge in [-0.15, -0.1) is 0 Å². The van der Waals surface area contributed by atoms with E-state index >= 15 is 8.78 Å². The number of urea groups is 1. The van der Waals surface area contributed by atoms with Crippen LogP contribution in [-0.4, -0.2) is 119 Å². The Morgan fingerprint density at radius 1 is 0.859 bits per heavy atom. The zero-order valence-corrected chi connectivity index (χ0v) is 48.1. The van der Waals surface area contributed by atoms with Gasteiger partial charge in [0.25, 0.3) is 0 Å². The predicted molar refractivity (Wildman–Crippen MR) is 307 cm³/mol. The maximum Gasteiger partial charge on any atom is 0.410 e. The predicted octanol–water partition coefficient (Wildman–Crippen LogP) is 11.3. The molecule has 1 aromatic heterocycles. The number of ether oxygens (including phenoxy) is 3. The number of methoxy groups -OCH3 is 1. The lowest BCUT2D eigenvalue weighted by Gasteiger charge is -2.44. The van der Waals surface area contributed by atoms with Crippen molar-refractivity contribution in [2.24, 2.45) is 18.7 Å². The van der Waals surface area contributed by atoms with E-state index in [1.54, 1.807) is 46.8 Å². The molecule has 5 aliphatic rings. The Morgan fingerprint density at radius 2 is 1.55 bits per heavy atom. The Hall–Kier alpha value is -7.78. The Labute approximate surface area is 493 Å². The van der Waals surface area contributed by atoms with E-state index in [-0.39, 0.29) is 77.6 Å². The van der Waals surface area contributed by atoms with E-state index in [0.717, 1.165) is 55.7 Å². The molecule has 3 N–H and O–H groups in total. The van der Waals surface area contributed by atoms with Crippen LogP contribution in [0.3, 0.4) is 0 Å². The van der Waals surface area contributed by atoms with Crippen LogP contribution in [0.5, 0.6) is 11.5 Å². The third kappa shape index (κ3) is 11.7. The van der Waals surface area contributed by atoms with E-state index in [1.807, 2.05) is 18.0 Å². The highest BCUT2D eigenvalue weighted by Gasteiger charge is 2.53. The van der Waals surface area contributed by atoms with Gasteiger partial charge in [-0.25, -0.2) is 18.4 Å². The number of nitrogens with zero attached hydrogens (tertiary/aromatic N) is 6. The van der Waals surface area contributed by atoms with Crippen LogP contribution in [0.1, 0.15) is 115 Å². The Bertz CT molecular complexity index is 3550. The molecule has 3 saturated heterocycles. The van der Waals surface area contributed by atoms with Crippen molar-refractivity contribution in [1.82, 2.24) is 29.8 Å². The first-order valence-electron chi connectivity index (χ1n) is 28.8. The minimum atomic E-state index is -4.41. The normalized spacial score (nSPS) is 21.6. The first-order chi connectivity index (χ1) is 40.7.